The summed E-state index contributed by atoms with van der Waals surface area (Å²) in [5.74, 6) is 0. The Balaban J connectivity index is 2.37. The van der Waals surface area contributed by atoms with Gasteiger partial charge in [-0.3, -0.25) is 10.1 Å². The Hall–Kier alpha value is -0.790. The van der Waals surface area contributed by atoms with Gasteiger partial charge in [-0.1, -0.05) is 35.5 Å². The number of rotatable bonds is 3. The molecule has 0 N–H and O–H groups in total. The van der Waals surface area contributed by atoms with Gasteiger partial charge in [-0.2, -0.15) is 0 Å². The maximum absolute atomic E-state index is 10.9. The van der Waals surface area contributed by atoms with Gasteiger partial charge >= 0.3 is 0 Å². The molecule has 0 atom stereocenters. The van der Waals surface area contributed by atoms with E-state index in [2.05, 4.69) is 22.6 Å². The van der Waals surface area contributed by atoms with Crippen molar-refractivity contribution in [3.05, 3.63) is 61.2 Å². The highest BCUT2D eigenvalue weighted by Gasteiger charge is 2.14. The van der Waals surface area contributed by atoms with Crippen LogP contribution in [0.3, 0.4) is 0 Å². The molecule has 0 aliphatic rings. The molecule has 0 aromatic heterocycles. The van der Waals surface area contributed by atoms with Gasteiger partial charge in [0.05, 0.1) is 9.82 Å². The van der Waals surface area contributed by atoms with Crippen molar-refractivity contribution in [1.29, 1.82) is 0 Å². The summed E-state index contributed by atoms with van der Waals surface area (Å²) in [4.78, 5) is 12.1. The topological polar surface area (TPSA) is 43.1 Å². The summed E-state index contributed by atoms with van der Waals surface area (Å²) in [6.45, 7) is 0. The molecular formula is C12H7ClINO2S. The lowest BCUT2D eigenvalue weighted by atomic mass is 10.3. The smallest absolute Gasteiger partial charge is 0.258 e. The largest absolute Gasteiger partial charge is 0.283 e. The Morgan fingerprint density at radius 3 is 2.56 bits per heavy atom. The van der Waals surface area contributed by atoms with Crippen LogP contribution in [0, 0.1) is 13.7 Å². The van der Waals surface area contributed by atoms with Crippen LogP contribution in [0.2, 0.25) is 5.02 Å². The number of nitrogens with zero attached hydrogens (tertiary/aromatic N) is 1. The van der Waals surface area contributed by atoms with Crippen molar-refractivity contribution in [2.45, 2.75) is 9.79 Å². The van der Waals surface area contributed by atoms with Crippen molar-refractivity contribution >= 4 is 51.6 Å². The standard InChI is InChI=1S/C12H7ClINO2S/c13-8-5-6-11(9(14)7-8)18-12-4-2-1-3-10(12)15(16)17/h1-7H. The van der Waals surface area contributed by atoms with Crippen LogP contribution in [0.1, 0.15) is 0 Å². The molecule has 0 saturated heterocycles. The third-order valence-corrected chi connectivity index (χ3v) is 4.81. The van der Waals surface area contributed by atoms with Crippen LogP contribution in [0.15, 0.2) is 52.3 Å². The molecular weight excluding hydrogens is 385 g/mol. The lowest BCUT2D eigenvalue weighted by molar-refractivity contribution is -0.387. The van der Waals surface area contributed by atoms with Crippen molar-refractivity contribution < 1.29 is 4.92 Å². The molecule has 6 heteroatoms. The molecule has 0 unspecified atom stereocenters. The van der Waals surface area contributed by atoms with Gasteiger partial charge in [-0.05, 0) is 46.9 Å². The third kappa shape index (κ3) is 3.15. The van der Waals surface area contributed by atoms with E-state index in [9.17, 15) is 10.1 Å². The number of halogens is 2. The van der Waals surface area contributed by atoms with E-state index < -0.39 is 0 Å². The molecule has 0 heterocycles. The summed E-state index contributed by atoms with van der Waals surface area (Å²) >= 11 is 9.42. The Bertz CT molecular complexity index is 606. The second kappa shape index (κ2) is 5.90. The van der Waals surface area contributed by atoms with E-state index in [0.717, 1.165) is 8.47 Å². The fourth-order valence-electron chi connectivity index (χ4n) is 1.37. The van der Waals surface area contributed by atoms with Crippen LogP contribution >= 0.6 is 46.0 Å². The first-order valence-corrected chi connectivity index (χ1v) is 7.21. The summed E-state index contributed by atoms with van der Waals surface area (Å²) in [7, 11) is 0. The average molecular weight is 392 g/mol. The maximum atomic E-state index is 10.9. The molecule has 2 rings (SSSR count). The molecule has 2 aromatic rings. The molecule has 0 radical (unpaired) electrons. The van der Waals surface area contributed by atoms with Gasteiger partial charge in [0.25, 0.3) is 5.69 Å². The second-order valence-corrected chi connectivity index (χ2v) is 6.08. The molecule has 0 aliphatic heterocycles. The van der Waals surface area contributed by atoms with E-state index in [1.54, 1.807) is 24.3 Å². The first kappa shape index (κ1) is 13.6. The van der Waals surface area contributed by atoms with Crippen LogP contribution in [-0.2, 0) is 0 Å². The zero-order valence-electron chi connectivity index (χ0n) is 8.97. The normalized spacial score (nSPS) is 10.3. The molecule has 0 spiro atoms. The molecule has 3 nitrogen and oxygen atoms in total. The first-order chi connectivity index (χ1) is 8.58. The predicted molar refractivity (Wildman–Crippen MR) is 81.4 cm³/mol. The number of hydrogen-bond donors (Lipinski definition) is 0. The highest BCUT2D eigenvalue weighted by Crippen LogP contribution is 2.37. The van der Waals surface area contributed by atoms with Gasteiger partial charge < -0.3 is 0 Å². The van der Waals surface area contributed by atoms with E-state index in [1.807, 2.05) is 12.1 Å². The van der Waals surface area contributed by atoms with Crippen molar-refractivity contribution in [3.63, 3.8) is 0 Å². The van der Waals surface area contributed by atoms with Gasteiger partial charge in [0.15, 0.2) is 0 Å². The van der Waals surface area contributed by atoms with E-state index in [0.29, 0.717) is 9.92 Å². The van der Waals surface area contributed by atoms with Crippen LogP contribution in [0.5, 0.6) is 0 Å². The Morgan fingerprint density at radius 1 is 1.17 bits per heavy atom. The molecule has 0 bridgehead atoms. The van der Waals surface area contributed by atoms with Gasteiger partial charge in [0, 0.05) is 19.6 Å². The fraction of sp³-hybridized carbons (Fsp3) is 0. The summed E-state index contributed by atoms with van der Waals surface area (Å²) < 4.78 is 0.975. The van der Waals surface area contributed by atoms with Crippen LogP contribution < -0.4 is 0 Å². The minimum Gasteiger partial charge on any atom is -0.258 e. The summed E-state index contributed by atoms with van der Waals surface area (Å²) in [5, 5.41) is 11.6. The molecule has 18 heavy (non-hydrogen) atoms. The molecule has 0 aliphatic carbocycles. The van der Waals surface area contributed by atoms with Gasteiger partial charge in [0.2, 0.25) is 0 Å². The lowest BCUT2D eigenvalue weighted by Crippen LogP contribution is -1.90. The average Bonchev–Trinajstić information content (AvgIpc) is 2.33. The highest BCUT2D eigenvalue weighted by molar-refractivity contribution is 14.1. The lowest BCUT2D eigenvalue weighted by Gasteiger charge is -2.05. The molecule has 0 amide bonds. The van der Waals surface area contributed by atoms with E-state index in [-0.39, 0.29) is 10.6 Å². The minimum absolute atomic E-state index is 0.119. The Morgan fingerprint density at radius 2 is 1.89 bits per heavy atom. The fourth-order valence-corrected chi connectivity index (χ4v) is 3.50. The maximum Gasteiger partial charge on any atom is 0.283 e. The molecule has 2 aromatic carbocycles. The summed E-state index contributed by atoms with van der Waals surface area (Å²) in [6.07, 6.45) is 0. The number of nitro benzene ring substituents is 1. The van der Waals surface area contributed by atoms with Crippen LogP contribution in [0.25, 0.3) is 0 Å². The Kier molecular flexibility index (Phi) is 4.47. The van der Waals surface area contributed by atoms with Gasteiger partial charge in [-0.15, -0.1) is 0 Å². The van der Waals surface area contributed by atoms with Crippen LogP contribution in [0.4, 0.5) is 5.69 Å². The number of nitro groups is 1. The second-order valence-electron chi connectivity index (χ2n) is 3.40. The quantitative estimate of drug-likeness (QED) is 0.420. The van der Waals surface area contributed by atoms with Crippen molar-refractivity contribution in [1.82, 2.24) is 0 Å². The predicted octanol–water partition coefficient (Wildman–Crippen LogP) is 5.00. The third-order valence-electron chi connectivity index (χ3n) is 2.18. The summed E-state index contributed by atoms with van der Waals surface area (Å²) in [6, 6.07) is 12.2. The van der Waals surface area contributed by atoms with Gasteiger partial charge in [-0.25, -0.2) is 0 Å². The summed E-state index contributed by atoms with van der Waals surface area (Å²) in [5.41, 5.74) is 0.119. The SMILES string of the molecule is O=[N+]([O-])c1ccccc1Sc1ccc(Cl)cc1I. The number of hydrogen-bond acceptors (Lipinski definition) is 3. The Labute approximate surface area is 127 Å². The van der Waals surface area contributed by atoms with Crippen molar-refractivity contribution in [3.8, 4) is 0 Å². The molecule has 0 saturated carbocycles. The number of para-hydroxylation sites is 1. The number of benzene rings is 2. The molecule has 92 valence electrons. The van der Waals surface area contributed by atoms with E-state index in [4.69, 9.17) is 11.6 Å². The minimum atomic E-state index is -0.370. The van der Waals surface area contributed by atoms with Crippen molar-refractivity contribution in [2.24, 2.45) is 0 Å². The molecule has 0 fully saturated rings. The first-order valence-electron chi connectivity index (χ1n) is 4.94. The van der Waals surface area contributed by atoms with Crippen molar-refractivity contribution in [2.75, 3.05) is 0 Å². The van der Waals surface area contributed by atoms with Crippen LogP contribution in [-0.4, -0.2) is 4.92 Å². The highest BCUT2D eigenvalue weighted by atomic mass is 127. The van der Waals surface area contributed by atoms with Gasteiger partial charge in [0.1, 0.15) is 0 Å². The van der Waals surface area contributed by atoms with E-state index >= 15 is 0 Å². The zero-order chi connectivity index (χ0) is 13.1. The van der Waals surface area contributed by atoms with E-state index in [1.165, 1.54) is 17.8 Å². The zero-order valence-corrected chi connectivity index (χ0v) is 12.7. The monoisotopic (exact) mass is 391 g/mol.